The van der Waals surface area contributed by atoms with E-state index in [0.717, 1.165) is 44.9 Å². The first kappa shape index (κ1) is 22.7. The number of esters is 2. The first-order valence-electron chi connectivity index (χ1n) is 12.5. The van der Waals surface area contributed by atoms with Crippen molar-refractivity contribution in [2.75, 3.05) is 0 Å². The molecule has 4 nitrogen and oxygen atoms in total. The van der Waals surface area contributed by atoms with Gasteiger partial charge in [0.1, 0.15) is 5.60 Å². The second-order valence-electron chi connectivity index (χ2n) is 11.6. The molecule has 0 aromatic rings. The van der Waals surface area contributed by atoms with Crippen LogP contribution in [0.1, 0.15) is 98.8 Å². The number of ether oxygens (including phenoxy) is 2. The SMILES string of the molecule is C#C[C@@]1(OC(=O)CC)CC2CCC3C(CC[C@@]4(C)C3CC[C@]4(C)OC(=O)CC)[C@@]2(C)C1. The zero-order valence-electron chi connectivity index (χ0n) is 20.1. The van der Waals surface area contributed by atoms with Crippen LogP contribution in [0.15, 0.2) is 0 Å². The number of hydrogen-bond donors (Lipinski definition) is 0. The summed E-state index contributed by atoms with van der Waals surface area (Å²) in [5, 5.41) is 0. The van der Waals surface area contributed by atoms with Gasteiger partial charge in [0.2, 0.25) is 0 Å². The zero-order chi connectivity index (χ0) is 22.7. The highest BCUT2D eigenvalue weighted by Gasteiger charge is 2.67. The molecule has 0 bridgehead atoms. The summed E-state index contributed by atoms with van der Waals surface area (Å²) in [6.45, 7) is 10.7. The molecule has 4 heteroatoms. The highest BCUT2D eigenvalue weighted by molar-refractivity contribution is 5.70. The van der Waals surface area contributed by atoms with Gasteiger partial charge in [0, 0.05) is 31.1 Å². The molecule has 0 aromatic heterocycles. The number of fused-ring (bicyclic) bond motifs is 5. The van der Waals surface area contributed by atoms with E-state index in [-0.39, 0.29) is 28.4 Å². The Morgan fingerprint density at radius 1 is 0.935 bits per heavy atom. The van der Waals surface area contributed by atoms with E-state index in [1.165, 1.54) is 6.42 Å². The molecule has 0 saturated heterocycles. The van der Waals surface area contributed by atoms with Crippen LogP contribution in [0.4, 0.5) is 0 Å². The number of carbonyl (C=O) groups is 2. The second kappa shape index (κ2) is 7.53. The lowest BCUT2D eigenvalue weighted by Gasteiger charge is -2.58. The van der Waals surface area contributed by atoms with Gasteiger partial charge in [-0.3, -0.25) is 9.59 Å². The Morgan fingerprint density at radius 2 is 1.58 bits per heavy atom. The van der Waals surface area contributed by atoms with Crippen LogP contribution in [-0.2, 0) is 19.1 Å². The van der Waals surface area contributed by atoms with E-state index in [4.69, 9.17) is 15.9 Å². The van der Waals surface area contributed by atoms with Gasteiger partial charge >= 0.3 is 11.9 Å². The van der Waals surface area contributed by atoms with E-state index in [1.807, 2.05) is 13.8 Å². The molecule has 172 valence electrons. The van der Waals surface area contributed by atoms with Gasteiger partial charge in [-0.25, -0.2) is 0 Å². The lowest BCUT2D eigenvalue weighted by molar-refractivity contribution is -0.182. The number of hydrogen-bond acceptors (Lipinski definition) is 4. The van der Waals surface area contributed by atoms with Gasteiger partial charge in [0.25, 0.3) is 0 Å². The van der Waals surface area contributed by atoms with Gasteiger partial charge in [-0.15, -0.1) is 6.42 Å². The number of rotatable bonds is 4. The van der Waals surface area contributed by atoms with Crippen LogP contribution in [0.25, 0.3) is 0 Å². The normalized spacial score (nSPS) is 48.1. The predicted octanol–water partition coefficient (Wildman–Crippen LogP) is 5.68. The Labute approximate surface area is 188 Å². The number of terminal acetylenes is 1. The van der Waals surface area contributed by atoms with Gasteiger partial charge in [-0.05, 0) is 74.5 Å². The Balaban J connectivity index is 1.59. The molecule has 0 aromatic carbocycles. The van der Waals surface area contributed by atoms with Crippen LogP contribution in [0, 0.1) is 46.8 Å². The molecule has 0 N–H and O–H groups in total. The van der Waals surface area contributed by atoms with Crippen LogP contribution >= 0.6 is 0 Å². The quantitative estimate of drug-likeness (QED) is 0.427. The maximum Gasteiger partial charge on any atom is 0.307 e. The third-order valence-electron chi connectivity index (χ3n) is 10.3. The van der Waals surface area contributed by atoms with Crippen LogP contribution < -0.4 is 0 Å². The van der Waals surface area contributed by atoms with E-state index < -0.39 is 5.60 Å². The minimum atomic E-state index is -0.733. The van der Waals surface area contributed by atoms with Gasteiger partial charge in [0.05, 0.1) is 0 Å². The van der Waals surface area contributed by atoms with Crippen molar-refractivity contribution in [1.82, 2.24) is 0 Å². The molecule has 4 fully saturated rings. The third kappa shape index (κ3) is 3.25. The molecular formula is C27H40O4. The van der Waals surface area contributed by atoms with Crippen molar-refractivity contribution in [3.8, 4) is 12.3 Å². The van der Waals surface area contributed by atoms with Gasteiger partial charge < -0.3 is 9.47 Å². The van der Waals surface area contributed by atoms with E-state index >= 15 is 0 Å². The topological polar surface area (TPSA) is 52.6 Å². The van der Waals surface area contributed by atoms with Crippen LogP contribution in [0.5, 0.6) is 0 Å². The minimum absolute atomic E-state index is 0.0404. The average Bonchev–Trinajstić information content (AvgIpc) is 3.18. The van der Waals surface area contributed by atoms with Gasteiger partial charge in [-0.1, -0.05) is 33.6 Å². The van der Waals surface area contributed by atoms with Crippen molar-refractivity contribution in [2.45, 2.75) is 110 Å². The smallest absolute Gasteiger partial charge is 0.307 e. The molecule has 4 aliphatic rings. The molecule has 0 spiro atoms. The predicted molar refractivity (Wildman–Crippen MR) is 120 cm³/mol. The molecule has 4 saturated carbocycles. The molecule has 4 rings (SSSR count). The first-order chi connectivity index (χ1) is 14.6. The van der Waals surface area contributed by atoms with Crippen molar-refractivity contribution in [1.29, 1.82) is 0 Å². The lowest BCUT2D eigenvalue weighted by atomic mass is 9.47. The largest absolute Gasteiger partial charge is 0.459 e. The molecule has 0 heterocycles. The van der Waals surface area contributed by atoms with Gasteiger partial charge in [-0.2, -0.15) is 0 Å². The molecule has 4 aliphatic carbocycles. The Morgan fingerprint density at radius 3 is 2.23 bits per heavy atom. The highest BCUT2D eigenvalue weighted by Crippen LogP contribution is 2.70. The molecule has 8 atom stereocenters. The van der Waals surface area contributed by atoms with Crippen LogP contribution in [-0.4, -0.2) is 23.1 Å². The Bertz CT molecular complexity index is 798. The van der Waals surface area contributed by atoms with Crippen molar-refractivity contribution < 1.29 is 19.1 Å². The summed E-state index contributed by atoms with van der Waals surface area (Å²) in [4.78, 5) is 24.3. The first-order valence-corrected chi connectivity index (χ1v) is 12.5. The summed E-state index contributed by atoms with van der Waals surface area (Å²) in [5.41, 5.74) is -0.937. The van der Waals surface area contributed by atoms with E-state index in [0.29, 0.717) is 36.5 Å². The molecule has 0 aliphatic heterocycles. The number of carbonyl (C=O) groups excluding carboxylic acids is 2. The van der Waals surface area contributed by atoms with Crippen molar-refractivity contribution >= 4 is 11.9 Å². The second-order valence-corrected chi connectivity index (χ2v) is 11.6. The van der Waals surface area contributed by atoms with Gasteiger partial charge in [0.15, 0.2) is 5.60 Å². The molecule has 31 heavy (non-hydrogen) atoms. The molecule has 0 amide bonds. The lowest BCUT2D eigenvalue weighted by Crippen LogP contribution is -2.55. The van der Waals surface area contributed by atoms with E-state index in [1.54, 1.807) is 0 Å². The molecular weight excluding hydrogens is 388 g/mol. The standard InChI is InChI=1S/C27H40O4/c1-7-22(28)30-26(6)15-13-21-19-11-10-18-16-27(9-3,31-23(29)8-2)17-24(18,4)20(19)12-14-25(21,26)5/h3,18-21H,7-8,10-17H2,1-2,4-6H3/t18?,19?,20?,21?,24-,25-,26-,27+/m0/s1. The fraction of sp³-hybridized carbons (Fsp3) is 0.852. The third-order valence-corrected chi connectivity index (χ3v) is 10.3. The fourth-order valence-electron chi connectivity index (χ4n) is 8.46. The maximum atomic E-state index is 12.2. The minimum Gasteiger partial charge on any atom is -0.459 e. The fourth-order valence-corrected chi connectivity index (χ4v) is 8.46. The molecule has 4 unspecified atom stereocenters. The summed E-state index contributed by atoms with van der Waals surface area (Å²) >= 11 is 0. The average molecular weight is 429 g/mol. The van der Waals surface area contributed by atoms with E-state index in [9.17, 15) is 9.59 Å². The summed E-state index contributed by atoms with van der Waals surface area (Å²) < 4.78 is 12.0. The Hall–Kier alpha value is -1.50. The summed E-state index contributed by atoms with van der Waals surface area (Å²) in [6.07, 6.45) is 15.1. The molecule has 0 radical (unpaired) electrons. The van der Waals surface area contributed by atoms with Crippen LogP contribution in [0.2, 0.25) is 0 Å². The van der Waals surface area contributed by atoms with Crippen molar-refractivity contribution in [2.24, 2.45) is 34.5 Å². The monoisotopic (exact) mass is 428 g/mol. The van der Waals surface area contributed by atoms with E-state index in [2.05, 4.69) is 26.7 Å². The Kier molecular flexibility index (Phi) is 5.51. The van der Waals surface area contributed by atoms with Crippen LogP contribution in [0.3, 0.4) is 0 Å². The zero-order valence-corrected chi connectivity index (χ0v) is 20.1. The maximum absolute atomic E-state index is 12.2. The van der Waals surface area contributed by atoms with Crippen molar-refractivity contribution in [3.05, 3.63) is 0 Å². The summed E-state index contributed by atoms with van der Waals surface area (Å²) in [6, 6.07) is 0. The highest BCUT2D eigenvalue weighted by atomic mass is 16.6. The summed E-state index contributed by atoms with van der Waals surface area (Å²) in [7, 11) is 0. The van der Waals surface area contributed by atoms with Crippen molar-refractivity contribution in [3.63, 3.8) is 0 Å². The summed E-state index contributed by atoms with van der Waals surface area (Å²) in [5.74, 6) is 4.99.